The first-order chi connectivity index (χ1) is 7.41. The highest BCUT2D eigenvalue weighted by Crippen LogP contribution is 2.24. The SMILES string of the molecule is O=[N+]([O-])Cc1cc([N+](=O)[O-])ccc1[N+](=O)[O-]. The number of nitrogens with zero attached hydrogens (tertiary/aromatic N) is 3. The van der Waals surface area contributed by atoms with Gasteiger partial charge < -0.3 is 0 Å². The summed E-state index contributed by atoms with van der Waals surface area (Å²) in [6, 6.07) is 2.65. The highest BCUT2D eigenvalue weighted by Gasteiger charge is 2.21. The van der Waals surface area contributed by atoms with Crippen LogP contribution in [0, 0.1) is 30.3 Å². The second-order valence-corrected chi connectivity index (χ2v) is 2.82. The summed E-state index contributed by atoms with van der Waals surface area (Å²) in [7, 11) is 0. The second kappa shape index (κ2) is 4.29. The molecule has 0 bridgehead atoms. The lowest BCUT2D eigenvalue weighted by atomic mass is 10.1. The van der Waals surface area contributed by atoms with Crippen molar-refractivity contribution < 1.29 is 14.8 Å². The van der Waals surface area contributed by atoms with Gasteiger partial charge in [0, 0.05) is 23.1 Å². The monoisotopic (exact) mass is 227 g/mol. The summed E-state index contributed by atoms with van der Waals surface area (Å²) >= 11 is 0. The van der Waals surface area contributed by atoms with Crippen molar-refractivity contribution in [3.63, 3.8) is 0 Å². The first kappa shape index (κ1) is 11.5. The fourth-order valence-corrected chi connectivity index (χ4v) is 1.13. The molecule has 9 heteroatoms. The Labute approximate surface area is 87.8 Å². The molecule has 0 radical (unpaired) electrons. The third kappa shape index (κ3) is 2.47. The molecule has 0 saturated carbocycles. The van der Waals surface area contributed by atoms with Crippen molar-refractivity contribution in [3.05, 3.63) is 54.1 Å². The molecule has 1 aromatic carbocycles. The molecule has 1 aromatic rings. The smallest absolute Gasteiger partial charge is 0.264 e. The summed E-state index contributed by atoms with van der Waals surface area (Å²) in [6.07, 6.45) is 0. The van der Waals surface area contributed by atoms with E-state index in [0.717, 1.165) is 18.2 Å². The Hall–Kier alpha value is -2.58. The van der Waals surface area contributed by atoms with Crippen LogP contribution in [0.5, 0.6) is 0 Å². The number of non-ortho nitro benzene ring substituents is 1. The summed E-state index contributed by atoms with van der Waals surface area (Å²) in [5.74, 6) is 0. The van der Waals surface area contributed by atoms with E-state index in [1.165, 1.54) is 0 Å². The molecular formula is C7H5N3O6. The normalized spacial score (nSPS) is 9.75. The minimum absolute atomic E-state index is 0.288. The Kier molecular flexibility index (Phi) is 3.09. The van der Waals surface area contributed by atoms with E-state index in [-0.39, 0.29) is 5.56 Å². The zero-order chi connectivity index (χ0) is 12.3. The van der Waals surface area contributed by atoms with Gasteiger partial charge in [-0.2, -0.15) is 0 Å². The van der Waals surface area contributed by atoms with Crippen LogP contribution in [0.4, 0.5) is 11.4 Å². The van der Waals surface area contributed by atoms with E-state index >= 15 is 0 Å². The summed E-state index contributed by atoms with van der Waals surface area (Å²) in [6.45, 7) is -0.821. The lowest BCUT2D eigenvalue weighted by Gasteiger charge is -1.98. The minimum atomic E-state index is -0.821. The standard InChI is InChI=1S/C7H5N3O6/c11-8(12)4-5-3-6(9(13)14)1-2-7(5)10(15)16/h1-3H,4H2. The molecule has 84 valence electrons. The van der Waals surface area contributed by atoms with E-state index in [2.05, 4.69) is 0 Å². The highest BCUT2D eigenvalue weighted by atomic mass is 16.6. The molecule has 16 heavy (non-hydrogen) atoms. The van der Waals surface area contributed by atoms with Crippen LogP contribution in [0.1, 0.15) is 5.56 Å². The van der Waals surface area contributed by atoms with Gasteiger partial charge >= 0.3 is 0 Å². The van der Waals surface area contributed by atoms with Crippen LogP contribution < -0.4 is 0 Å². The van der Waals surface area contributed by atoms with E-state index in [1.54, 1.807) is 0 Å². The third-order valence-corrected chi connectivity index (χ3v) is 1.77. The predicted molar refractivity (Wildman–Crippen MR) is 50.4 cm³/mol. The lowest BCUT2D eigenvalue weighted by Crippen LogP contribution is -2.03. The van der Waals surface area contributed by atoms with E-state index in [0.29, 0.717) is 0 Å². The van der Waals surface area contributed by atoms with E-state index < -0.39 is 32.7 Å². The molecule has 0 aliphatic carbocycles. The van der Waals surface area contributed by atoms with Crippen molar-refractivity contribution in [2.45, 2.75) is 6.54 Å². The maximum Gasteiger partial charge on any atom is 0.279 e. The molecule has 0 aliphatic heterocycles. The molecule has 0 aliphatic rings. The van der Waals surface area contributed by atoms with Gasteiger partial charge in [-0.15, -0.1) is 0 Å². The van der Waals surface area contributed by atoms with Gasteiger partial charge in [-0.1, -0.05) is 0 Å². The van der Waals surface area contributed by atoms with E-state index in [1.807, 2.05) is 0 Å². The van der Waals surface area contributed by atoms with Gasteiger partial charge in [0.2, 0.25) is 6.54 Å². The maximum absolute atomic E-state index is 10.5. The number of nitro groups is 3. The summed E-state index contributed by atoms with van der Waals surface area (Å²) in [5, 5.41) is 31.1. The molecule has 0 saturated heterocycles. The molecule has 0 amide bonds. The Balaban J connectivity index is 3.26. The fourth-order valence-electron chi connectivity index (χ4n) is 1.13. The van der Waals surface area contributed by atoms with Crippen molar-refractivity contribution in [1.82, 2.24) is 0 Å². The van der Waals surface area contributed by atoms with Crippen LogP contribution in [0.15, 0.2) is 18.2 Å². The molecular weight excluding hydrogens is 222 g/mol. The maximum atomic E-state index is 10.5. The quantitative estimate of drug-likeness (QED) is 0.562. The molecule has 0 fully saturated rings. The second-order valence-electron chi connectivity index (χ2n) is 2.82. The third-order valence-electron chi connectivity index (χ3n) is 1.77. The summed E-state index contributed by atoms with van der Waals surface area (Å²) < 4.78 is 0. The lowest BCUT2D eigenvalue weighted by molar-refractivity contribution is -0.498. The average molecular weight is 227 g/mol. The van der Waals surface area contributed by atoms with Crippen molar-refractivity contribution in [2.75, 3.05) is 0 Å². The predicted octanol–water partition coefficient (Wildman–Crippen LogP) is 1.28. The Bertz CT molecular complexity index is 471. The zero-order valence-electron chi connectivity index (χ0n) is 7.73. The Morgan fingerprint density at radius 2 is 1.62 bits per heavy atom. The van der Waals surface area contributed by atoms with Gasteiger partial charge in [-0.25, -0.2) is 0 Å². The number of rotatable bonds is 4. The van der Waals surface area contributed by atoms with Crippen LogP contribution >= 0.6 is 0 Å². The highest BCUT2D eigenvalue weighted by molar-refractivity contribution is 5.47. The van der Waals surface area contributed by atoms with Crippen LogP contribution in [0.25, 0.3) is 0 Å². The van der Waals surface area contributed by atoms with Crippen molar-refractivity contribution in [2.24, 2.45) is 0 Å². The number of hydrogen-bond donors (Lipinski definition) is 0. The average Bonchev–Trinajstić information content (AvgIpc) is 2.15. The van der Waals surface area contributed by atoms with Gasteiger partial charge in [0.05, 0.1) is 9.85 Å². The van der Waals surface area contributed by atoms with Crippen LogP contribution in [0.3, 0.4) is 0 Å². The van der Waals surface area contributed by atoms with Crippen molar-refractivity contribution >= 4 is 11.4 Å². The molecule has 0 N–H and O–H groups in total. The van der Waals surface area contributed by atoms with Gasteiger partial charge in [-0.3, -0.25) is 30.3 Å². The van der Waals surface area contributed by atoms with Crippen molar-refractivity contribution in [1.29, 1.82) is 0 Å². The molecule has 0 spiro atoms. The van der Waals surface area contributed by atoms with Gasteiger partial charge in [0.15, 0.2) is 0 Å². The Morgan fingerprint density at radius 3 is 2.06 bits per heavy atom. The molecule has 0 heterocycles. The molecule has 0 aromatic heterocycles. The molecule has 9 nitrogen and oxygen atoms in total. The van der Waals surface area contributed by atoms with Gasteiger partial charge in [-0.05, 0) is 0 Å². The molecule has 0 unspecified atom stereocenters. The number of hydrogen-bond acceptors (Lipinski definition) is 6. The topological polar surface area (TPSA) is 129 Å². The summed E-state index contributed by atoms with van der Waals surface area (Å²) in [5.41, 5.74) is -1.20. The zero-order valence-corrected chi connectivity index (χ0v) is 7.73. The van der Waals surface area contributed by atoms with Gasteiger partial charge in [0.1, 0.15) is 5.56 Å². The molecule has 0 atom stereocenters. The summed E-state index contributed by atoms with van der Waals surface area (Å²) in [4.78, 5) is 28.7. The fraction of sp³-hybridized carbons (Fsp3) is 0.143. The first-order valence-electron chi connectivity index (χ1n) is 3.95. The minimum Gasteiger partial charge on any atom is -0.264 e. The largest absolute Gasteiger partial charge is 0.279 e. The van der Waals surface area contributed by atoms with Crippen LogP contribution in [0.2, 0.25) is 0 Å². The first-order valence-corrected chi connectivity index (χ1v) is 3.95. The number of benzene rings is 1. The van der Waals surface area contributed by atoms with Gasteiger partial charge in [0.25, 0.3) is 11.4 Å². The van der Waals surface area contributed by atoms with E-state index in [9.17, 15) is 30.3 Å². The van der Waals surface area contributed by atoms with Crippen molar-refractivity contribution in [3.8, 4) is 0 Å². The van der Waals surface area contributed by atoms with Crippen LogP contribution in [-0.4, -0.2) is 14.8 Å². The van der Waals surface area contributed by atoms with E-state index in [4.69, 9.17) is 0 Å². The number of nitro benzene ring substituents is 2. The Morgan fingerprint density at radius 1 is 1.00 bits per heavy atom. The van der Waals surface area contributed by atoms with Crippen LogP contribution in [-0.2, 0) is 6.54 Å². The molecule has 1 rings (SSSR count).